The standard InChI is InChI=1S/C11H5Cl2N3/c12-9-2-1-8(3-10(9)13)11-15-5-7(4-14)6-16-11/h1-3,5-6H. The Bertz CT molecular complexity index is 558. The van der Waals surface area contributed by atoms with Crippen LogP contribution in [0, 0.1) is 11.3 Å². The third-order valence-electron chi connectivity index (χ3n) is 1.96. The number of rotatable bonds is 1. The Morgan fingerprint density at radius 3 is 2.31 bits per heavy atom. The zero-order chi connectivity index (χ0) is 11.5. The summed E-state index contributed by atoms with van der Waals surface area (Å²) < 4.78 is 0. The van der Waals surface area contributed by atoms with E-state index in [1.54, 1.807) is 18.2 Å². The van der Waals surface area contributed by atoms with E-state index < -0.39 is 0 Å². The maximum absolute atomic E-state index is 8.61. The zero-order valence-electron chi connectivity index (χ0n) is 7.98. The summed E-state index contributed by atoms with van der Waals surface area (Å²) in [4.78, 5) is 8.11. The van der Waals surface area contributed by atoms with Crippen LogP contribution in [-0.4, -0.2) is 9.97 Å². The van der Waals surface area contributed by atoms with Crippen molar-refractivity contribution in [2.45, 2.75) is 0 Å². The Morgan fingerprint density at radius 1 is 1.06 bits per heavy atom. The average Bonchev–Trinajstić information content (AvgIpc) is 2.33. The predicted octanol–water partition coefficient (Wildman–Crippen LogP) is 3.32. The van der Waals surface area contributed by atoms with Crippen LogP contribution in [0.3, 0.4) is 0 Å². The van der Waals surface area contributed by atoms with Crippen LogP contribution < -0.4 is 0 Å². The van der Waals surface area contributed by atoms with E-state index in [0.717, 1.165) is 5.56 Å². The first-order chi connectivity index (χ1) is 7.70. The maximum Gasteiger partial charge on any atom is 0.159 e. The normalized spacial score (nSPS) is 9.81. The van der Waals surface area contributed by atoms with Gasteiger partial charge in [-0.3, -0.25) is 0 Å². The smallest absolute Gasteiger partial charge is 0.159 e. The highest BCUT2D eigenvalue weighted by Gasteiger charge is 2.04. The van der Waals surface area contributed by atoms with Crippen molar-refractivity contribution in [1.82, 2.24) is 9.97 Å². The fourth-order valence-electron chi connectivity index (χ4n) is 1.17. The summed E-state index contributed by atoms with van der Waals surface area (Å²) in [6, 6.07) is 7.09. The van der Waals surface area contributed by atoms with Crippen molar-refractivity contribution < 1.29 is 0 Å². The van der Waals surface area contributed by atoms with Crippen molar-refractivity contribution >= 4 is 23.2 Å². The van der Waals surface area contributed by atoms with Crippen molar-refractivity contribution in [3.05, 3.63) is 46.2 Å². The van der Waals surface area contributed by atoms with Gasteiger partial charge in [-0.25, -0.2) is 9.97 Å². The lowest BCUT2D eigenvalue weighted by Crippen LogP contribution is -1.89. The lowest BCUT2D eigenvalue weighted by Gasteiger charge is -2.01. The Kier molecular flexibility index (Phi) is 3.04. The minimum atomic E-state index is 0.420. The summed E-state index contributed by atoms with van der Waals surface area (Å²) in [6.07, 6.45) is 2.93. The molecule has 0 amide bonds. The van der Waals surface area contributed by atoms with Gasteiger partial charge in [0.2, 0.25) is 0 Å². The van der Waals surface area contributed by atoms with E-state index in [9.17, 15) is 0 Å². The number of aromatic nitrogens is 2. The molecular weight excluding hydrogens is 245 g/mol. The topological polar surface area (TPSA) is 49.6 Å². The first-order valence-electron chi connectivity index (χ1n) is 4.38. The molecule has 0 unspecified atom stereocenters. The highest BCUT2D eigenvalue weighted by molar-refractivity contribution is 6.42. The first kappa shape index (κ1) is 10.9. The van der Waals surface area contributed by atoms with E-state index in [2.05, 4.69) is 9.97 Å². The predicted molar refractivity (Wildman–Crippen MR) is 62.2 cm³/mol. The molecule has 5 heteroatoms. The van der Waals surface area contributed by atoms with Crippen LogP contribution in [0.15, 0.2) is 30.6 Å². The second-order valence-electron chi connectivity index (χ2n) is 3.04. The van der Waals surface area contributed by atoms with Crippen LogP contribution in [0.4, 0.5) is 0 Å². The molecule has 1 heterocycles. The molecule has 0 fully saturated rings. The first-order valence-corrected chi connectivity index (χ1v) is 5.14. The molecule has 2 rings (SSSR count). The molecule has 0 radical (unpaired) electrons. The number of hydrogen-bond donors (Lipinski definition) is 0. The Hall–Kier alpha value is -1.63. The summed E-state index contributed by atoms with van der Waals surface area (Å²) in [5.41, 5.74) is 1.18. The highest BCUT2D eigenvalue weighted by Crippen LogP contribution is 2.26. The average molecular weight is 250 g/mol. The second kappa shape index (κ2) is 4.48. The minimum absolute atomic E-state index is 0.420. The van der Waals surface area contributed by atoms with Gasteiger partial charge >= 0.3 is 0 Å². The van der Waals surface area contributed by atoms with Crippen molar-refractivity contribution in [2.24, 2.45) is 0 Å². The van der Waals surface area contributed by atoms with Gasteiger partial charge < -0.3 is 0 Å². The molecule has 0 aliphatic rings. The molecule has 78 valence electrons. The van der Waals surface area contributed by atoms with E-state index in [4.69, 9.17) is 28.5 Å². The molecule has 0 saturated heterocycles. The number of nitriles is 1. The maximum atomic E-state index is 8.61. The molecule has 0 N–H and O–H groups in total. The molecule has 0 atom stereocenters. The van der Waals surface area contributed by atoms with E-state index in [0.29, 0.717) is 21.4 Å². The Morgan fingerprint density at radius 2 is 1.75 bits per heavy atom. The van der Waals surface area contributed by atoms with Crippen molar-refractivity contribution in [2.75, 3.05) is 0 Å². The van der Waals surface area contributed by atoms with Gasteiger partial charge in [0.1, 0.15) is 6.07 Å². The summed E-state index contributed by atoms with van der Waals surface area (Å²) in [7, 11) is 0. The summed E-state index contributed by atoms with van der Waals surface area (Å²) in [5, 5.41) is 9.55. The monoisotopic (exact) mass is 249 g/mol. The molecule has 0 saturated carbocycles. The van der Waals surface area contributed by atoms with Crippen LogP contribution in [0.2, 0.25) is 10.0 Å². The van der Waals surface area contributed by atoms with Crippen LogP contribution in [0.5, 0.6) is 0 Å². The quantitative estimate of drug-likeness (QED) is 0.779. The zero-order valence-corrected chi connectivity index (χ0v) is 9.50. The van der Waals surface area contributed by atoms with E-state index >= 15 is 0 Å². The molecule has 3 nitrogen and oxygen atoms in total. The van der Waals surface area contributed by atoms with Crippen LogP contribution >= 0.6 is 23.2 Å². The molecule has 0 aliphatic heterocycles. The van der Waals surface area contributed by atoms with Gasteiger partial charge in [-0.2, -0.15) is 5.26 Å². The van der Waals surface area contributed by atoms with E-state index in [-0.39, 0.29) is 0 Å². The molecule has 1 aromatic heterocycles. The number of nitrogens with zero attached hydrogens (tertiary/aromatic N) is 3. The lowest BCUT2D eigenvalue weighted by atomic mass is 10.2. The summed E-state index contributed by atoms with van der Waals surface area (Å²) >= 11 is 11.7. The van der Waals surface area contributed by atoms with Crippen LogP contribution in [0.1, 0.15) is 5.56 Å². The van der Waals surface area contributed by atoms with Crippen LogP contribution in [0.25, 0.3) is 11.4 Å². The third kappa shape index (κ3) is 2.13. The number of benzene rings is 1. The van der Waals surface area contributed by atoms with Gasteiger partial charge in [-0.1, -0.05) is 23.2 Å². The Balaban J connectivity index is 2.43. The van der Waals surface area contributed by atoms with Gasteiger partial charge in [0, 0.05) is 18.0 Å². The van der Waals surface area contributed by atoms with E-state index in [1.165, 1.54) is 12.4 Å². The fraction of sp³-hybridized carbons (Fsp3) is 0. The SMILES string of the molecule is N#Cc1cnc(-c2ccc(Cl)c(Cl)c2)nc1. The second-order valence-corrected chi connectivity index (χ2v) is 3.85. The molecule has 2 aromatic rings. The summed E-state index contributed by atoms with van der Waals surface area (Å²) in [6.45, 7) is 0. The van der Waals surface area contributed by atoms with Gasteiger partial charge in [0.05, 0.1) is 15.6 Å². The van der Waals surface area contributed by atoms with E-state index in [1.807, 2.05) is 6.07 Å². The molecule has 16 heavy (non-hydrogen) atoms. The molecule has 0 aliphatic carbocycles. The minimum Gasteiger partial charge on any atom is -0.235 e. The lowest BCUT2D eigenvalue weighted by molar-refractivity contribution is 1.16. The molecule has 1 aromatic carbocycles. The molecular formula is C11H5Cl2N3. The van der Waals surface area contributed by atoms with Gasteiger partial charge in [-0.15, -0.1) is 0 Å². The summed E-state index contributed by atoms with van der Waals surface area (Å²) in [5.74, 6) is 0.512. The number of hydrogen-bond acceptors (Lipinski definition) is 3. The van der Waals surface area contributed by atoms with Crippen molar-refractivity contribution in [3.8, 4) is 17.5 Å². The molecule has 0 bridgehead atoms. The van der Waals surface area contributed by atoms with Crippen molar-refractivity contribution in [1.29, 1.82) is 5.26 Å². The fourth-order valence-corrected chi connectivity index (χ4v) is 1.47. The highest BCUT2D eigenvalue weighted by atomic mass is 35.5. The largest absolute Gasteiger partial charge is 0.235 e. The Labute approximate surface area is 102 Å². The van der Waals surface area contributed by atoms with Crippen LogP contribution in [-0.2, 0) is 0 Å². The third-order valence-corrected chi connectivity index (χ3v) is 2.70. The van der Waals surface area contributed by atoms with Gasteiger partial charge in [-0.05, 0) is 18.2 Å². The van der Waals surface area contributed by atoms with Gasteiger partial charge in [0.25, 0.3) is 0 Å². The van der Waals surface area contributed by atoms with Gasteiger partial charge in [0.15, 0.2) is 5.82 Å². The van der Waals surface area contributed by atoms with Crippen molar-refractivity contribution in [3.63, 3.8) is 0 Å². The number of halogens is 2. The molecule has 0 spiro atoms.